The Morgan fingerprint density at radius 3 is 2.77 bits per heavy atom. The Balaban J connectivity index is 1.84. The molecule has 0 aromatic heterocycles. The van der Waals surface area contributed by atoms with E-state index in [9.17, 15) is 9.59 Å². The number of hydrogen-bond donors (Lipinski definition) is 2. The molecule has 2 heterocycles. The molecule has 0 aliphatic carbocycles. The molecule has 0 spiro atoms. The molecule has 118 valence electrons. The van der Waals surface area contributed by atoms with Crippen LogP contribution in [0.1, 0.15) is 29.3 Å². The minimum absolute atomic E-state index is 0.0346. The monoisotopic (exact) mass is 305 g/mol. The van der Waals surface area contributed by atoms with Crippen molar-refractivity contribution < 1.29 is 19.5 Å². The number of carbonyl (C=O) groups is 2. The van der Waals surface area contributed by atoms with Crippen LogP contribution in [-0.4, -0.2) is 52.7 Å². The normalized spacial score (nSPS) is 20.4. The third kappa shape index (κ3) is 2.59. The first-order valence-electron chi connectivity index (χ1n) is 7.36. The number of likely N-dealkylation sites (tertiary alicyclic amines) is 1. The van der Waals surface area contributed by atoms with Gasteiger partial charge >= 0.3 is 6.03 Å². The number of hydroxylamine groups is 1. The van der Waals surface area contributed by atoms with E-state index in [1.54, 1.807) is 28.6 Å². The lowest BCUT2D eigenvalue weighted by Gasteiger charge is -2.37. The molecule has 7 heteroatoms. The summed E-state index contributed by atoms with van der Waals surface area (Å²) in [4.78, 5) is 27.6. The SMILES string of the molecule is CC1COc2cc(C(=O)NO)ccc2CN1C(=O)N1CCC1. The summed E-state index contributed by atoms with van der Waals surface area (Å²) in [6.45, 7) is 4.39. The highest BCUT2D eigenvalue weighted by molar-refractivity contribution is 5.93. The van der Waals surface area contributed by atoms with Crippen LogP contribution in [-0.2, 0) is 6.54 Å². The molecule has 1 atom stereocenters. The van der Waals surface area contributed by atoms with Crippen LogP contribution in [0.3, 0.4) is 0 Å². The van der Waals surface area contributed by atoms with Crippen molar-refractivity contribution in [1.29, 1.82) is 0 Å². The number of rotatable bonds is 1. The maximum Gasteiger partial charge on any atom is 0.320 e. The Morgan fingerprint density at radius 1 is 1.36 bits per heavy atom. The lowest BCUT2D eigenvalue weighted by Crippen LogP contribution is -2.52. The molecule has 7 nitrogen and oxygen atoms in total. The first-order valence-corrected chi connectivity index (χ1v) is 7.36. The molecule has 2 N–H and O–H groups in total. The lowest BCUT2D eigenvalue weighted by molar-refractivity contribution is 0.0706. The second-order valence-electron chi connectivity index (χ2n) is 5.67. The number of carbonyl (C=O) groups excluding carboxylic acids is 2. The van der Waals surface area contributed by atoms with E-state index in [-0.39, 0.29) is 12.1 Å². The summed E-state index contributed by atoms with van der Waals surface area (Å²) < 4.78 is 5.73. The Bertz CT molecular complexity index is 600. The fourth-order valence-corrected chi connectivity index (χ4v) is 2.61. The molecule has 3 amide bonds. The van der Waals surface area contributed by atoms with Gasteiger partial charge in [-0.1, -0.05) is 6.07 Å². The van der Waals surface area contributed by atoms with E-state index in [0.29, 0.717) is 24.5 Å². The average molecular weight is 305 g/mol. The van der Waals surface area contributed by atoms with Gasteiger partial charge in [0.05, 0.1) is 12.6 Å². The van der Waals surface area contributed by atoms with Gasteiger partial charge in [0.25, 0.3) is 5.91 Å². The van der Waals surface area contributed by atoms with Gasteiger partial charge in [-0.3, -0.25) is 10.0 Å². The highest BCUT2D eigenvalue weighted by Crippen LogP contribution is 2.27. The van der Waals surface area contributed by atoms with Gasteiger partial charge < -0.3 is 14.5 Å². The minimum atomic E-state index is -0.586. The van der Waals surface area contributed by atoms with Crippen molar-refractivity contribution in [3.63, 3.8) is 0 Å². The molecule has 0 saturated carbocycles. The summed E-state index contributed by atoms with van der Waals surface area (Å²) in [5.41, 5.74) is 2.77. The van der Waals surface area contributed by atoms with Gasteiger partial charge in [-0.15, -0.1) is 0 Å². The zero-order chi connectivity index (χ0) is 15.7. The molecule has 1 saturated heterocycles. The maximum absolute atomic E-state index is 12.5. The molecule has 1 aromatic rings. The number of amides is 3. The Kier molecular flexibility index (Phi) is 3.89. The summed E-state index contributed by atoms with van der Waals surface area (Å²) >= 11 is 0. The van der Waals surface area contributed by atoms with Crippen molar-refractivity contribution in [1.82, 2.24) is 15.3 Å². The quantitative estimate of drug-likeness (QED) is 0.603. The largest absolute Gasteiger partial charge is 0.491 e. The van der Waals surface area contributed by atoms with Crippen molar-refractivity contribution in [3.05, 3.63) is 29.3 Å². The number of hydrogen-bond acceptors (Lipinski definition) is 4. The fourth-order valence-electron chi connectivity index (χ4n) is 2.61. The van der Waals surface area contributed by atoms with E-state index in [1.807, 2.05) is 11.8 Å². The maximum atomic E-state index is 12.5. The lowest BCUT2D eigenvalue weighted by atomic mass is 10.1. The van der Waals surface area contributed by atoms with Crippen LogP contribution < -0.4 is 10.2 Å². The fraction of sp³-hybridized carbons (Fsp3) is 0.467. The number of ether oxygens (including phenoxy) is 1. The minimum Gasteiger partial charge on any atom is -0.491 e. The van der Waals surface area contributed by atoms with Crippen LogP contribution >= 0.6 is 0 Å². The van der Waals surface area contributed by atoms with E-state index in [1.165, 1.54) is 0 Å². The molecular weight excluding hydrogens is 286 g/mol. The molecule has 1 aromatic carbocycles. The summed E-state index contributed by atoms with van der Waals surface area (Å²) in [5, 5.41) is 8.70. The van der Waals surface area contributed by atoms with Crippen molar-refractivity contribution >= 4 is 11.9 Å². The van der Waals surface area contributed by atoms with Crippen LogP contribution in [0.25, 0.3) is 0 Å². The zero-order valence-electron chi connectivity index (χ0n) is 12.4. The summed E-state index contributed by atoms with van der Waals surface area (Å²) in [7, 11) is 0. The van der Waals surface area contributed by atoms with Crippen LogP contribution in [0.2, 0.25) is 0 Å². The Morgan fingerprint density at radius 2 is 2.14 bits per heavy atom. The molecule has 1 fully saturated rings. The molecule has 2 aliphatic rings. The molecule has 0 bridgehead atoms. The molecule has 2 aliphatic heterocycles. The predicted molar refractivity (Wildman–Crippen MR) is 77.8 cm³/mol. The van der Waals surface area contributed by atoms with Crippen molar-refractivity contribution in [3.8, 4) is 5.75 Å². The average Bonchev–Trinajstić information content (AvgIpc) is 2.63. The Hall–Kier alpha value is -2.28. The molecule has 1 unspecified atom stereocenters. The second kappa shape index (κ2) is 5.84. The summed E-state index contributed by atoms with van der Waals surface area (Å²) in [5.74, 6) is -0.0101. The molecule has 22 heavy (non-hydrogen) atoms. The molecular formula is C15H19N3O4. The summed E-state index contributed by atoms with van der Waals surface area (Å²) in [6.07, 6.45) is 1.06. The number of benzene rings is 1. The van der Waals surface area contributed by atoms with Gasteiger partial charge in [0.2, 0.25) is 0 Å². The zero-order valence-corrected chi connectivity index (χ0v) is 12.4. The van der Waals surface area contributed by atoms with E-state index >= 15 is 0 Å². The summed E-state index contributed by atoms with van der Waals surface area (Å²) in [6, 6.07) is 4.94. The standard InChI is InChI=1S/C15H19N3O4/c1-10-9-22-13-7-11(14(19)16-21)3-4-12(13)8-18(10)15(20)17-5-2-6-17/h3-4,7,10,21H,2,5-6,8-9H2,1H3,(H,16,19). The van der Waals surface area contributed by atoms with Gasteiger partial charge in [0.15, 0.2) is 0 Å². The van der Waals surface area contributed by atoms with E-state index in [0.717, 1.165) is 25.1 Å². The Labute approximate surface area is 128 Å². The van der Waals surface area contributed by atoms with Gasteiger partial charge in [0.1, 0.15) is 12.4 Å². The number of fused-ring (bicyclic) bond motifs is 1. The van der Waals surface area contributed by atoms with Gasteiger partial charge in [-0.05, 0) is 25.5 Å². The van der Waals surface area contributed by atoms with Gasteiger partial charge in [0, 0.05) is 24.2 Å². The van der Waals surface area contributed by atoms with E-state index in [4.69, 9.17) is 9.94 Å². The number of nitrogens with one attached hydrogen (secondary N) is 1. The first-order chi connectivity index (χ1) is 10.6. The van der Waals surface area contributed by atoms with Gasteiger partial charge in [-0.2, -0.15) is 0 Å². The number of nitrogens with zero attached hydrogens (tertiary/aromatic N) is 2. The van der Waals surface area contributed by atoms with Crippen LogP contribution in [0.4, 0.5) is 4.79 Å². The third-order valence-corrected chi connectivity index (χ3v) is 4.16. The van der Waals surface area contributed by atoms with Crippen molar-refractivity contribution in [2.75, 3.05) is 19.7 Å². The van der Waals surface area contributed by atoms with Crippen molar-refractivity contribution in [2.45, 2.75) is 25.9 Å². The van der Waals surface area contributed by atoms with E-state index in [2.05, 4.69) is 0 Å². The smallest absolute Gasteiger partial charge is 0.320 e. The van der Waals surface area contributed by atoms with E-state index < -0.39 is 5.91 Å². The third-order valence-electron chi connectivity index (χ3n) is 4.16. The highest BCUT2D eigenvalue weighted by Gasteiger charge is 2.31. The second-order valence-corrected chi connectivity index (χ2v) is 5.67. The highest BCUT2D eigenvalue weighted by atomic mass is 16.5. The molecule has 3 rings (SSSR count). The first kappa shape index (κ1) is 14.6. The van der Waals surface area contributed by atoms with Crippen molar-refractivity contribution in [2.24, 2.45) is 0 Å². The van der Waals surface area contributed by atoms with Crippen LogP contribution in [0.5, 0.6) is 5.75 Å². The number of urea groups is 1. The van der Waals surface area contributed by atoms with Gasteiger partial charge in [-0.25, -0.2) is 10.3 Å². The van der Waals surface area contributed by atoms with Crippen LogP contribution in [0.15, 0.2) is 18.2 Å². The predicted octanol–water partition coefficient (Wildman–Crippen LogP) is 1.21. The topological polar surface area (TPSA) is 82.1 Å². The van der Waals surface area contributed by atoms with Crippen LogP contribution in [0, 0.1) is 0 Å². The molecule has 0 radical (unpaired) electrons.